The zero-order chi connectivity index (χ0) is 15.8. The highest BCUT2D eigenvalue weighted by Crippen LogP contribution is 2.27. The summed E-state index contributed by atoms with van der Waals surface area (Å²) in [5.41, 5.74) is 2.67. The molecule has 0 aromatic heterocycles. The van der Waals surface area contributed by atoms with Crippen molar-refractivity contribution >= 4 is 11.4 Å². The van der Waals surface area contributed by atoms with E-state index in [9.17, 15) is 0 Å². The molecule has 0 amide bonds. The van der Waals surface area contributed by atoms with Crippen molar-refractivity contribution in [2.24, 2.45) is 27.7 Å². The van der Waals surface area contributed by atoms with Gasteiger partial charge in [0.1, 0.15) is 0 Å². The molecule has 1 aliphatic rings. The highest BCUT2D eigenvalue weighted by molar-refractivity contribution is 5.82. The molecule has 21 heavy (non-hydrogen) atoms. The fourth-order valence-corrected chi connectivity index (χ4v) is 3.44. The van der Waals surface area contributed by atoms with Crippen LogP contribution in [0.5, 0.6) is 0 Å². The fourth-order valence-electron chi connectivity index (χ4n) is 3.44. The normalized spacial score (nSPS) is 25.0. The molecule has 0 aliphatic heterocycles. The van der Waals surface area contributed by atoms with Gasteiger partial charge in [-0.3, -0.25) is 9.98 Å². The Bertz CT molecular complexity index is 353. The van der Waals surface area contributed by atoms with Crippen molar-refractivity contribution in [3.05, 3.63) is 0 Å². The molecule has 1 aliphatic carbocycles. The van der Waals surface area contributed by atoms with Crippen molar-refractivity contribution in [1.29, 1.82) is 0 Å². The Kier molecular flexibility index (Phi) is 8.21. The molecular formula is C19H36N2. The Balaban J connectivity index is 2.45. The number of hydrogen-bond acceptors (Lipinski definition) is 2. The first-order chi connectivity index (χ1) is 9.86. The summed E-state index contributed by atoms with van der Waals surface area (Å²) in [5, 5.41) is 0. The van der Waals surface area contributed by atoms with Crippen LogP contribution < -0.4 is 0 Å². The summed E-state index contributed by atoms with van der Waals surface area (Å²) in [7, 11) is 0. The van der Waals surface area contributed by atoms with E-state index in [1.54, 1.807) is 0 Å². The Morgan fingerprint density at radius 2 is 1.57 bits per heavy atom. The minimum Gasteiger partial charge on any atom is -0.294 e. The van der Waals surface area contributed by atoms with E-state index in [4.69, 9.17) is 9.98 Å². The topological polar surface area (TPSA) is 24.7 Å². The Hall–Kier alpha value is -0.660. The number of nitrogens with zero attached hydrogens (tertiary/aromatic N) is 2. The lowest BCUT2D eigenvalue weighted by molar-refractivity contribution is 0.330. The van der Waals surface area contributed by atoms with Crippen LogP contribution in [-0.4, -0.2) is 24.0 Å². The quantitative estimate of drug-likeness (QED) is 0.549. The third kappa shape index (κ3) is 8.38. The van der Waals surface area contributed by atoms with Crippen LogP contribution in [0.4, 0.5) is 0 Å². The maximum absolute atomic E-state index is 4.97. The standard InChI is InChI=1S/C19H36N2/c1-14(2)10-16(5)20-13-18-8-7-9-19(12-18)21-17(6)11-15(3)4/h14-15,18-19H,7-13H2,1-6H3. The van der Waals surface area contributed by atoms with E-state index < -0.39 is 0 Å². The van der Waals surface area contributed by atoms with Gasteiger partial charge in [0, 0.05) is 18.0 Å². The van der Waals surface area contributed by atoms with Crippen LogP contribution in [0.25, 0.3) is 0 Å². The maximum atomic E-state index is 4.97. The summed E-state index contributed by atoms with van der Waals surface area (Å²) in [6, 6.07) is 0.558. The predicted octanol–water partition coefficient (Wildman–Crippen LogP) is 5.56. The van der Waals surface area contributed by atoms with E-state index in [1.807, 2.05) is 0 Å². The number of hydrogen-bond donors (Lipinski definition) is 0. The minimum absolute atomic E-state index is 0.558. The SMILES string of the molecule is CC(CC(C)C)=NCC1CCCC(N=C(C)CC(C)C)C1. The van der Waals surface area contributed by atoms with Gasteiger partial charge in [-0.1, -0.05) is 34.1 Å². The molecule has 0 heterocycles. The molecule has 2 atom stereocenters. The van der Waals surface area contributed by atoms with Crippen LogP contribution in [0.15, 0.2) is 9.98 Å². The van der Waals surface area contributed by atoms with Gasteiger partial charge in [-0.05, 0) is 63.7 Å². The van der Waals surface area contributed by atoms with E-state index in [2.05, 4.69) is 41.5 Å². The second kappa shape index (κ2) is 9.38. The first kappa shape index (κ1) is 18.4. The smallest absolute Gasteiger partial charge is 0.0502 e. The molecule has 0 spiro atoms. The molecule has 2 heteroatoms. The molecule has 0 aromatic carbocycles. The Morgan fingerprint density at radius 3 is 2.19 bits per heavy atom. The van der Waals surface area contributed by atoms with Crippen LogP contribution >= 0.6 is 0 Å². The van der Waals surface area contributed by atoms with Gasteiger partial charge < -0.3 is 0 Å². The van der Waals surface area contributed by atoms with Crippen LogP contribution in [0, 0.1) is 17.8 Å². The van der Waals surface area contributed by atoms with Gasteiger partial charge in [-0.15, -0.1) is 0 Å². The molecule has 1 rings (SSSR count). The molecule has 2 unspecified atom stereocenters. The van der Waals surface area contributed by atoms with Gasteiger partial charge in [0.25, 0.3) is 0 Å². The number of aliphatic imine (C=N–C) groups is 2. The van der Waals surface area contributed by atoms with Gasteiger partial charge in [0.2, 0.25) is 0 Å². The maximum Gasteiger partial charge on any atom is 0.0502 e. The average Bonchev–Trinajstić information content (AvgIpc) is 2.35. The van der Waals surface area contributed by atoms with Crippen molar-refractivity contribution < 1.29 is 0 Å². The predicted molar refractivity (Wildman–Crippen MR) is 95.7 cm³/mol. The first-order valence-corrected chi connectivity index (χ1v) is 8.90. The van der Waals surface area contributed by atoms with E-state index in [-0.39, 0.29) is 0 Å². The Labute approximate surface area is 132 Å². The molecule has 0 saturated heterocycles. The van der Waals surface area contributed by atoms with Crippen molar-refractivity contribution in [3.8, 4) is 0 Å². The lowest BCUT2D eigenvalue weighted by atomic mass is 9.86. The largest absolute Gasteiger partial charge is 0.294 e. The van der Waals surface area contributed by atoms with Gasteiger partial charge >= 0.3 is 0 Å². The molecule has 2 nitrogen and oxygen atoms in total. The summed E-state index contributed by atoms with van der Waals surface area (Å²) in [6.45, 7) is 14.5. The van der Waals surface area contributed by atoms with Crippen LogP contribution in [0.2, 0.25) is 0 Å². The van der Waals surface area contributed by atoms with Crippen molar-refractivity contribution in [2.45, 2.75) is 86.1 Å². The molecule has 0 radical (unpaired) electrons. The fraction of sp³-hybridized carbons (Fsp3) is 0.895. The van der Waals surface area contributed by atoms with Crippen molar-refractivity contribution in [1.82, 2.24) is 0 Å². The molecule has 1 saturated carbocycles. The summed E-state index contributed by atoms with van der Waals surface area (Å²) in [6.07, 6.45) is 7.48. The molecule has 0 aromatic rings. The van der Waals surface area contributed by atoms with Crippen LogP contribution in [0.1, 0.15) is 80.1 Å². The van der Waals surface area contributed by atoms with Crippen LogP contribution in [-0.2, 0) is 0 Å². The minimum atomic E-state index is 0.558. The molecule has 0 bridgehead atoms. The molecule has 122 valence electrons. The van der Waals surface area contributed by atoms with Gasteiger partial charge in [0.05, 0.1) is 6.04 Å². The summed E-state index contributed by atoms with van der Waals surface area (Å²) < 4.78 is 0. The summed E-state index contributed by atoms with van der Waals surface area (Å²) in [5.74, 6) is 2.19. The lowest BCUT2D eigenvalue weighted by Crippen LogP contribution is -2.22. The highest BCUT2D eigenvalue weighted by Gasteiger charge is 2.21. The van der Waals surface area contributed by atoms with E-state index in [1.165, 1.54) is 37.1 Å². The summed E-state index contributed by atoms with van der Waals surface area (Å²) >= 11 is 0. The van der Waals surface area contributed by atoms with Crippen molar-refractivity contribution in [2.75, 3.05) is 6.54 Å². The van der Waals surface area contributed by atoms with E-state index in [0.29, 0.717) is 6.04 Å². The molecule has 1 fully saturated rings. The van der Waals surface area contributed by atoms with E-state index in [0.717, 1.165) is 37.1 Å². The zero-order valence-corrected chi connectivity index (χ0v) is 15.2. The van der Waals surface area contributed by atoms with Crippen molar-refractivity contribution in [3.63, 3.8) is 0 Å². The Morgan fingerprint density at radius 1 is 0.952 bits per heavy atom. The first-order valence-electron chi connectivity index (χ1n) is 8.90. The van der Waals surface area contributed by atoms with E-state index >= 15 is 0 Å². The third-order valence-corrected chi connectivity index (χ3v) is 4.18. The van der Waals surface area contributed by atoms with Crippen LogP contribution in [0.3, 0.4) is 0 Å². The van der Waals surface area contributed by atoms with Gasteiger partial charge in [-0.2, -0.15) is 0 Å². The summed E-state index contributed by atoms with van der Waals surface area (Å²) in [4.78, 5) is 9.79. The van der Waals surface area contributed by atoms with Gasteiger partial charge in [-0.25, -0.2) is 0 Å². The van der Waals surface area contributed by atoms with Gasteiger partial charge in [0.15, 0.2) is 0 Å². The third-order valence-electron chi connectivity index (χ3n) is 4.18. The average molecular weight is 293 g/mol. The second-order valence-corrected chi connectivity index (χ2v) is 7.82. The molecule has 0 N–H and O–H groups in total. The second-order valence-electron chi connectivity index (χ2n) is 7.82. The zero-order valence-electron chi connectivity index (χ0n) is 15.2. The highest BCUT2D eigenvalue weighted by atomic mass is 14.8. The lowest BCUT2D eigenvalue weighted by Gasteiger charge is -2.26. The monoisotopic (exact) mass is 292 g/mol. The number of rotatable bonds is 7. The molecular weight excluding hydrogens is 256 g/mol.